The largest absolute Gasteiger partial charge is 0.322 e. The van der Waals surface area contributed by atoms with Crippen LogP contribution in [0.5, 0.6) is 0 Å². The third kappa shape index (κ3) is 2.92. The van der Waals surface area contributed by atoms with E-state index >= 15 is 0 Å². The van der Waals surface area contributed by atoms with Crippen molar-refractivity contribution in [3.63, 3.8) is 0 Å². The Bertz CT molecular complexity index is 524. The van der Waals surface area contributed by atoms with E-state index in [0.717, 1.165) is 10.2 Å². The van der Waals surface area contributed by atoms with Gasteiger partial charge in [-0.05, 0) is 36.2 Å². The number of aryl methyl sites for hydroxylation is 1. The summed E-state index contributed by atoms with van der Waals surface area (Å²) in [7, 11) is 1.83. The molecule has 1 aromatic heterocycles. The third-order valence-electron chi connectivity index (χ3n) is 2.56. The van der Waals surface area contributed by atoms with Gasteiger partial charge in [0.15, 0.2) is 0 Å². The summed E-state index contributed by atoms with van der Waals surface area (Å²) >= 11 is 3.32. The summed E-state index contributed by atoms with van der Waals surface area (Å²) in [5.41, 5.74) is 7.37. The van der Waals surface area contributed by atoms with Gasteiger partial charge in [-0.25, -0.2) is 4.39 Å². The minimum absolute atomic E-state index is 0.236. The SMILES string of the molecule is Cn1ccc(C(N)Cc2cc(Br)ccc2F)n1. The minimum atomic E-state index is -0.292. The monoisotopic (exact) mass is 297 g/mol. The molecule has 0 aliphatic rings. The average molecular weight is 298 g/mol. The van der Waals surface area contributed by atoms with Crippen LogP contribution >= 0.6 is 15.9 Å². The van der Waals surface area contributed by atoms with Crippen LogP contribution in [0.15, 0.2) is 34.9 Å². The molecule has 17 heavy (non-hydrogen) atoms. The number of nitrogens with zero attached hydrogens (tertiary/aromatic N) is 2. The van der Waals surface area contributed by atoms with Crippen LogP contribution in [-0.2, 0) is 13.5 Å². The molecule has 1 heterocycles. The van der Waals surface area contributed by atoms with Gasteiger partial charge in [0.1, 0.15) is 5.82 Å². The highest BCUT2D eigenvalue weighted by Crippen LogP contribution is 2.20. The molecule has 0 saturated heterocycles. The number of hydrogen-bond donors (Lipinski definition) is 1. The Morgan fingerprint density at radius 2 is 2.24 bits per heavy atom. The van der Waals surface area contributed by atoms with E-state index < -0.39 is 0 Å². The number of nitrogens with two attached hydrogens (primary N) is 1. The summed E-state index contributed by atoms with van der Waals surface area (Å²) < 4.78 is 16.1. The lowest BCUT2D eigenvalue weighted by atomic mass is 10.0. The Balaban J connectivity index is 2.18. The van der Waals surface area contributed by atoms with Gasteiger partial charge in [-0.3, -0.25) is 4.68 Å². The van der Waals surface area contributed by atoms with E-state index in [1.165, 1.54) is 6.07 Å². The Hall–Kier alpha value is -1.20. The molecule has 0 radical (unpaired) electrons. The van der Waals surface area contributed by atoms with Crippen LogP contribution in [0.2, 0.25) is 0 Å². The zero-order valence-electron chi connectivity index (χ0n) is 9.40. The predicted octanol–water partition coefficient (Wildman–Crippen LogP) is 2.56. The molecule has 0 saturated carbocycles. The van der Waals surface area contributed by atoms with Gasteiger partial charge in [0.25, 0.3) is 0 Å². The summed E-state index contributed by atoms with van der Waals surface area (Å²) in [6.07, 6.45) is 2.26. The van der Waals surface area contributed by atoms with Crippen molar-refractivity contribution in [1.29, 1.82) is 0 Å². The van der Waals surface area contributed by atoms with Gasteiger partial charge in [0.2, 0.25) is 0 Å². The molecular formula is C12H13BrFN3. The van der Waals surface area contributed by atoms with E-state index in [-0.39, 0.29) is 11.9 Å². The Morgan fingerprint density at radius 3 is 2.88 bits per heavy atom. The minimum Gasteiger partial charge on any atom is -0.322 e. The van der Waals surface area contributed by atoms with Gasteiger partial charge in [-0.2, -0.15) is 5.10 Å². The molecule has 2 aromatic rings. The van der Waals surface area contributed by atoms with Crippen LogP contribution in [0.3, 0.4) is 0 Å². The highest BCUT2D eigenvalue weighted by molar-refractivity contribution is 9.10. The van der Waals surface area contributed by atoms with Gasteiger partial charge in [-0.15, -0.1) is 0 Å². The van der Waals surface area contributed by atoms with Crippen LogP contribution in [0.25, 0.3) is 0 Å². The summed E-state index contributed by atoms with van der Waals surface area (Å²) in [6, 6.07) is 6.41. The maximum Gasteiger partial charge on any atom is 0.126 e. The van der Waals surface area contributed by atoms with Crippen molar-refractivity contribution in [2.45, 2.75) is 12.5 Å². The Morgan fingerprint density at radius 1 is 1.47 bits per heavy atom. The first-order valence-electron chi connectivity index (χ1n) is 5.25. The lowest BCUT2D eigenvalue weighted by Crippen LogP contribution is -2.15. The van der Waals surface area contributed by atoms with Gasteiger partial charge in [0, 0.05) is 17.7 Å². The molecule has 5 heteroatoms. The van der Waals surface area contributed by atoms with Gasteiger partial charge >= 0.3 is 0 Å². The fraction of sp³-hybridized carbons (Fsp3) is 0.250. The van der Waals surface area contributed by atoms with Crippen molar-refractivity contribution in [3.8, 4) is 0 Å². The van der Waals surface area contributed by atoms with Crippen LogP contribution in [0.4, 0.5) is 4.39 Å². The lowest BCUT2D eigenvalue weighted by molar-refractivity contribution is 0.585. The first kappa shape index (κ1) is 12.3. The summed E-state index contributed by atoms with van der Waals surface area (Å²) in [5, 5.41) is 4.22. The lowest BCUT2D eigenvalue weighted by Gasteiger charge is -2.10. The van der Waals surface area contributed by atoms with E-state index in [9.17, 15) is 4.39 Å². The third-order valence-corrected chi connectivity index (χ3v) is 3.05. The van der Waals surface area contributed by atoms with E-state index in [1.54, 1.807) is 16.8 Å². The van der Waals surface area contributed by atoms with Crippen molar-refractivity contribution in [3.05, 3.63) is 52.0 Å². The number of halogens is 2. The molecule has 2 rings (SSSR count). The van der Waals surface area contributed by atoms with Crippen molar-refractivity contribution in [2.75, 3.05) is 0 Å². The van der Waals surface area contributed by atoms with Crippen molar-refractivity contribution in [1.82, 2.24) is 9.78 Å². The van der Waals surface area contributed by atoms with E-state index in [2.05, 4.69) is 21.0 Å². The molecule has 2 N–H and O–H groups in total. The van der Waals surface area contributed by atoms with Gasteiger partial charge in [0.05, 0.1) is 11.7 Å². The molecular weight excluding hydrogens is 285 g/mol. The van der Waals surface area contributed by atoms with Crippen LogP contribution in [0, 0.1) is 5.82 Å². The normalized spacial score (nSPS) is 12.7. The molecule has 1 unspecified atom stereocenters. The molecule has 0 bridgehead atoms. The second kappa shape index (κ2) is 4.98. The number of rotatable bonds is 3. The van der Waals surface area contributed by atoms with Crippen molar-refractivity contribution >= 4 is 15.9 Å². The highest BCUT2D eigenvalue weighted by atomic mass is 79.9. The highest BCUT2D eigenvalue weighted by Gasteiger charge is 2.12. The fourth-order valence-electron chi connectivity index (χ4n) is 1.67. The zero-order valence-corrected chi connectivity index (χ0v) is 11.0. The number of benzene rings is 1. The molecule has 0 aliphatic heterocycles. The predicted molar refractivity (Wildman–Crippen MR) is 67.9 cm³/mol. The average Bonchev–Trinajstić information content (AvgIpc) is 2.70. The second-order valence-corrected chi connectivity index (χ2v) is 4.88. The molecule has 90 valence electrons. The molecule has 0 aliphatic carbocycles. The van der Waals surface area contributed by atoms with E-state index in [4.69, 9.17) is 5.73 Å². The number of aromatic nitrogens is 2. The maximum absolute atomic E-state index is 13.5. The topological polar surface area (TPSA) is 43.8 Å². The molecule has 1 aromatic carbocycles. The van der Waals surface area contributed by atoms with Crippen LogP contribution in [0.1, 0.15) is 17.3 Å². The maximum atomic E-state index is 13.5. The van der Waals surface area contributed by atoms with E-state index in [0.29, 0.717) is 12.0 Å². The molecule has 1 atom stereocenters. The Kier molecular flexibility index (Phi) is 3.59. The molecule has 0 spiro atoms. The van der Waals surface area contributed by atoms with Crippen LogP contribution in [-0.4, -0.2) is 9.78 Å². The first-order valence-corrected chi connectivity index (χ1v) is 6.04. The summed E-state index contributed by atoms with van der Waals surface area (Å²) in [4.78, 5) is 0. The van der Waals surface area contributed by atoms with Crippen molar-refractivity contribution < 1.29 is 4.39 Å². The van der Waals surface area contributed by atoms with Crippen LogP contribution < -0.4 is 5.73 Å². The summed E-state index contributed by atoms with van der Waals surface area (Å²) in [5.74, 6) is -0.236. The molecule has 0 amide bonds. The smallest absolute Gasteiger partial charge is 0.126 e. The number of hydrogen-bond acceptors (Lipinski definition) is 2. The quantitative estimate of drug-likeness (QED) is 0.946. The van der Waals surface area contributed by atoms with E-state index in [1.807, 2.05) is 19.3 Å². The second-order valence-electron chi connectivity index (χ2n) is 3.96. The molecule has 0 fully saturated rings. The fourth-order valence-corrected chi connectivity index (χ4v) is 2.08. The first-order chi connectivity index (χ1) is 8.06. The van der Waals surface area contributed by atoms with Crippen molar-refractivity contribution in [2.24, 2.45) is 12.8 Å². The van der Waals surface area contributed by atoms with Gasteiger partial charge in [-0.1, -0.05) is 15.9 Å². The van der Waals surface area contributed by atoms with Gasteiger partial charge < -0.3 is 5.73 Å². The zero-order chi connectivity index (χ0) is 12.4. The Labute approximate surface area is 108 Å². The summed E-state index contributed by atoms with van der Waals surface area (Å²) in [6.45, 7) is 0. The molecule has 3 nitrogen and oxygen atoms in total. The standard InChI is InChI=1S/C12H13BrFN3/c1-17-5-4-12(16-17)11(15)7-8-6-9(13)2-3-10(8)14/h2-6,11H,7,15H2,1H3.